The van der Waals surface area contributed by atoms with E-state index in [1.54, 1.807) is 12.3 Å². The van der Waals surface area contributed by atoms with Gasteiger partial charge in [0.2, 0.25) is 0 Å². The first kappa shape index (κ1) is 15.8. The summed E-state index contributed by atoms with van der Waals surface area (Å²) in [7, 11) is 0. The van der Waals surface area contributed by atoms with Gasteiger partial charge in [0.25, 0.3) is 0 Å². The highest BCUT2D eigenvalue weighted by Gasteiger charge is 2.35. The van der Waals surface area contributed by atoms with E-state index in [2.05, 4.69) is 33.1 Å². The molecule has 1 aliphatic carbocycles. The van der Waals surface area contributed by atoms with Crippen LogP contribution in [0.15, 0.2) is 61.2 Å². The average molecular weight is 331 g/mol. The van der Waals surface area contributed by atoms with Gasteiger partial charge in [-0.15, -0.1) is 0 Å². The molecule has 2 aromatic heterocycles. The number of rotatable bonds is 4. The maximum Gasteiger partial charge on any atom is 0.188 e. The molecular weight excluding hydrogens is 310 g/mol. The van der Waals surface area contributed by atoms with Gasteiger partial charge in [0.1, 0.15) is 0 Å². The van der Waals surface area contributed by atoms with E-state index in [9.17, 15) is 4.79 Å². The molecule has 2 aromatic rings. The topological polar surface area (TPSA) is 46.1 Å². The van der Waals surface area contributed by atoms with Crippen LogP contribution in [0.5, 0.6) is 0 Å². The van der Waals surface area contributed by atoms with Gasteiger partial charge in [-0.05, 0) is 60.6 Å². The molecule has 3 heterocycles. The fraction of sp³-hybridized carbons (Fsp3) is 0.286. The second-order valence-corrected chi connectivity index (χ2v) is 6.88. The normalized spacial score (nSPS) is 22.3. The maximum atomic E-state index is 12.2. The number of pyridine rings is 2. The Morgan fingerprint density at radius 3 is 2.76 bits per heavy atom. The van der Waals surface area contributed by atoms with Crippen LogP contribution in [-0.2, 0) is 0 Å². The van der Waals surface area contributed by atoms with Crippen LogP contribution in [0.3, 0.4) is 0 Å². The third-order valence-electron chi connectivity index (χ3n) is 5.10. The van der Waals surface area contributed by atoms with Crippen LogP contribution < -0.4 is 0 Å². The molecule has 4 heteroatoms. The second-order valence-electron chi connectivity index (χ2n) is 6.88. The fourth-order valence-electron chi connectivity index (χ4n) is 3.73. The Morgan fingerprint density at radius 1 is 1.20 bits per heavy atom. The van der Waals surface area contributed by atoms with Crippen molar-refractivity contribution in [2.45, 2.75) is 13.3 Å². The van der Waals surface area contributed by atoms with Crippen LogP contribution >= 0.6 is 0 Å². The van der Waals surface area contributed by atoms with E-state index in [1.165, 1.54) is 11.1 Å². The molecule has 2 unspecified atom stereocenters. The van der Waals surface area contributed by atoms with Gasteiger partial charge in [0.05, 0.1) is 0 Å². The molecule has 25 heavy (non-hydrogen) atoms. The van der Waals surface area contributed by atoms with E-state index >= 15 is 0 Å². The number of carbonyl (C=O) groups excluding carboxylic acids is 1. The molecule has 4 rings (SSSR count). The lowest BCUT2D eigenvalue weighted by molar-refractivity contribution is 0.104. The lowest BCUT2D eigenvalue weighted by Crippen LogP contribution is -2.14. The van der Waals surface area contributed by atoms with Crippen molar-refractivity contribution in [3.05, 3.63) is 78.0 Å². The summed E-state index contributed by atoms with van der Waals surface area (Å²) in [6.07, 6.45) is 12.5. The zero-order valence-electron chi connectivity index (χ0n) is 14.3. The minimum atomic E-state index is 0.0116. The molecule has 0 aromatic carbocycles. The number of fused-ring (bicyclic) bond motifs is 1. The van der Waals surface area contributed by atoms with Crippen molar-refractivity contribution in [2.24, 2.45) is 11.8 Å². The number of aromatic nitrogens is 2. The molecule has 0 N–H and O–H groups in total. The number of likely N-dealkylation sites (tertiary alicyclic amines) is 1. The van der Waals surface area contributed by atoms with Gasteiger partial charge in [-0.2, -0.15) is 0 Å². The van der Waals surface area contributed by atoms with Crippen LogP contribution in [0, 0.1) is 18.8 Å². The van der Waals surface area contributed by atoms with Crippen LogP contribution in [-0.4, -0.2) is 33.7 Å². The Hall–Kier alpha value is -2.75. The predicted octanol–water partition coefficient (Wildman–Crippen LogP) is 3.52. The first-order valence-electron chi connectivity index (χ1n) is 8.69. The predicted molar refractivity (Wildman–Crippen MR) is 97.8 cm³/mol. The molecular formula is C21H21N3O. The van der Waals surface area contributed by atoms with Crippen molar-refractivity contribution >= 4 is 11.4 Å². The van der Waals surface area contributed by atoms with E-state index < -0.39 is 0 Å². The van der Waals surface area contributed by atoms with E-state index in [-0.39, 0.29) is 5.78 Å². The number of hydrogen-bond donors (Lipinski definition) is 0. The summed E-state index contributed by atoms with van der Waals surface area (Å²) < 4.78 is 0. The quantitative estimate of drug-likeness (QED) is 0.635. The zero-order valence-corrected chi connectivity index (χ0v) is 14.3. The molecule has 126 valence electrons. The van der Waals surface area contributed by atoms with Crippen molar-refractivity contribution in [1.29, 1.82) is 0 Å². The Morgan fingerprint density at radius 2 is 2.04 bits per heavy atom. The third-order valence-corrected chi connectivity index (χ3v) is 5.10. The Labute approximate surface area is 147 Å². The molecule has 1 aliphatic heterocycles. The molecule has 1 fully saturated rings. The van der Waals surface area contributed by atoms with E-state index in [1.807, 2.05) is 37.7 Å². The lowest BCUT2D eigenvalue weighted by atomic mass is 9.99. The van der Waals surface area contributed by atoms with Crippen LogP contribution in [0.4, 0.5) is 0 Å². The summed E-state index contributed by atoms with van der Waals surface area (Å²) in [5.74, 6) is 1.23. The molecule has 0 spiro atoms. The first-order valence-corrected chi connectivity index (χ1v) is 8.69. The SMILES string of the molecule is Cc1ccc(C(=O)/C=C/N2CC3C=C(c4ccncc4)CC3C2)cn1. The van der Waals surface area contributed by atoms with E-state index in [0.29, 0.717) is 17.4 Å². The van der Waals surface area contributed by atoms with Gasteiger partial charge in [-0.1, -0.05) is 6.08 Å². The fourth-order valence-corrected chi connectivity index (χ4v) is 3.73. The molecule has 0 bridgehead atoms. The van der Waals surface area contributed by atoms with Gasteiger partial charge < -0.3 is 4.90 Å². The minimum Gasteiger partial charge on any atom is -0.376 e. The minimum absolute atomic E-state index is 0.0116. The third kappa shape index (κ3) is 3.38. The second kappa shape index (κ2) is 6.63. The van der Waals surface area contributed by atoms with Gasteiger partial charge in [0, 0.05) is 55.2 Å². The number of carbonyl (C=O) groups is 1. The number of hydrogen-bond acceptors (Lipinski definition) is 4. The first-order chi connectivity index (χ1) is 12.2. The molecule has 2 atom stereocenters. The summed E-state index contributed by atoms with van der Waals surface area (Å²) >= 11 is 0. The highest BCUT2D eigenvalue weighted by molar-refractivity contribution is 6.04. The van der Waals surface area contributed by atoms with Crippen molar-refractivity contribution in [2.75, 3.05) is 13.1 Å². The lowest BCUT2D eigenvalue weighted by Gasteiger charge is -2.13. The van der Waals surface area contributed by atoms with E-state index in [4.69, 9.17) is 0 Å². The Bertz CT molecular complexity index is 824. The van der Waals surface area contributed by atoms with Crippen molar-refractivity contribution < 1.29 is 4.79 Å². The molecule has 4 nitrogen and oxygen atoms in total. The summed E-state index contributed by atoms with van der Waals surface area (Å²) in [6.45, 7) is 3.90. The maximum absolute atomic E-state index is 12.2. The number of ketones is 1. The van der Waals surface area contributed by atoms with Gasteiger partial charge in [-0.25, -0.2) is 0 Å². The van der Waals surface area contributed by atoms with E-state index in [0.717, 1.165) is 25.2 Å². The molecule has 0 radical (unpaired) electrons. The van der Waals surface area contributed by atoms with Crippen molar-refractivity contribution in [3.8, 4) is 0 Å². The summed E-state index contributed by atoms with van der Waals surface area (Å²) in [5, 5.41) is 0. The number of nitrogens with zero attached hydrogens (tertiary/aromatic N) is 3. The van der Waals surface area contributed by atoms with Gasteiger partial charge in [0.15, 0.2) is 5.78 Å². The molecule has 1 saturated heterocycles. The summed E-state index contributed by atoms with van der Waals surface area (Å²) in [6, 6.07) is 7.86. The highest BCUT2D eigenvalue weighted by atomic mass is 16.1. The van der Waals surface area contributed by atoms with Crippen molar-refractivity contribution in [3.63, 3.8) is 0 Å². The number of aryl methyl sites for hydroxylation is 1. The summed E-state index contributed by atoms with van der Waals surface area (Å²) in [5.41, 5.74) is 4.28. The zero-order chi connectivity index (χ0) is 17.2. The highest BCUT2D eigenvalue weighted by Crippen LogP contribution is 2.40. The average Bonchev–Trinajstić information content (AvgIpc) is 3.20. The van der Waals surface area contributed by atoms with Gasteiger partial charge >= 0.3 is 0 Å². The van der Waals surface area contributed by atoms with Crippen LogP contribution in [0.2, 0.25) is 0 Å². The standard InChI is InChI=1S/C21H21N3O/c1-15-2-3-17(12-23-15)21(25)6-9-24-13-19-10-18(11-20(19)14-24)16-4-7-22-8-5-16/h2-10,12,19-20H,11,13-14H2,1H3/b9-6+. The number of allylic oxidation sites excluding steroid dienone is 2. The van der Waals surface area contributed by atoms with Gasteiger partial charge in [-0.3, -0.25) is 14.8 Å². The Kier molecular flexibility index (Phi) is 4.18. The van der Waals surface area contributed by atoms with Crippen LogP contribution in [0.25, 0.3) is 5.57 Å². The van der Waals surface area contributed by atoms with Crippen molar-refractivity contribution in [1.82, 2.24) is 14.9 Å². The molecule has 0 saturated carbocycles. The monoisotopic (exact) mass is 331 g/mol. The summed E-state index contributed by atoms with van der Waals surface area (Å²) in [4.78, 5) is 22.8. The molecule has 0 amide bonds. The molecule has 2 aliphatic rings. The Balaban J connectivity index is 1.38. The largest absolute Gasteiger partial charge is 0.376 e. The van der Waals surface area contributed by atoms with Crippen LogP contribution in [0.1, 0.15) is 28.0 Å². The smallest absolute Gasteiger partial charge is 0.188 e.